The van der Waals surface area contributed by atoms with E-state index in [9.17, 15) is 0 Å². The van der Waals surface area contributed by atoms with Crippen LogP contribution in [0.4, 0.5) is 5.69 Å². The Morgan fingerprint density at radius 3 is 2.62 bits per heavy atom. The molecule has 3 heterocycles. The van der Waals surface area contributed by atoms with Crippen LogP contribution >= 0.6 is 0 Å². The number of benzene rings is 1. The molecule has 168 valence electrons. The number of nitrogens with zero attached hydrogens (tertiary/aromatic N) is 5. The molecule has 8 nitrogen and oxygen atoms in total. The van der Waals surface area contributed by atoms with Gasteiger partial charge < -0.3 is 24.8 Å². The summed E-state index contributed by atoms with van der Waals surface area (Å²) in [5.41, 5.74) is 8.87. The van der Waals surface area contributed by atoms with Crippen LogP contribution in [-0.4, -0.2) is 70.6 Å². The maximum Gasteiger partial charge on any atom is 0.210 e. The second kappa shape index (κ2) is 10.5. The van der Waals surface area contributed by atoms with Gasteiger partial charge >= 0.3 is 0 Å². The molecule has 32 heavy (non-hydrogen) atoms. The van der Waals surface area contributed by atoms with Gasteiger partial charge in [0.2, 0.25) is 5.76 Å². The van der Waals surface area contributed by atoms with Crippen molar-refractivity contribution in [1.29, 1.82) is 0 Å². The van der Waals surface area contributed by atoms with Crippen molar-refractivity contribution < 1.29 is 9.63 Å². The zero-order valence-electron chi connectivity index (χ0n) is 18.4. The van der Waals surface area contributed by atoms with Crippen molar-refractivity contribution in [3.63, 3.8) is 0 Å². The van der Waals surface area contributed by atoms with Gasteiger partial charge in [0.25, 0.3) is 0 Å². The van der Waals surface area contributed by atoms with Crippen LogP contribution in [0.25, 0.3) is 0 Å². The van der Waals surface area contributed by atoms with Crippen molar-refractivity contribution in [2.75, 3.05) is 50.8 Å². The minimum absolute atomic E-state index is 0.121. The van der Waals surface area contributed by atoms with Crippen molar-refractivity contribution >= 4 is 5.69 Å². The molecule has 0 bridgehead atoms. The Labute approximate surface area is 188 Å². The van der Waals surface area contributed by atoms with E-state index in [1.807, 2.05) is 29.0 Å². The number of aliphatic hydroxyl groups excluding tert-OH is 1. The zero-order chi connectivity index (χ0) is 22.3. The first kappa shape index (κ1) is 22.1. The van der Waals surface area contributed by atoms with E-state index in [2.05, 4.69) is 50.8 Å². The third-order valence-electron chi connectivity index (χ3n) is 5.84. The summed E-state index contributed by atoms with van der Waals surface area (Å²) in [6.07, 6.45) is 4.52. The van der Waals surface area contributed by atoms with Crippen LogP contribution in [0.3, 0.4) is 0 Å². The number of hydrogen-bond donors (Lipinski definition) is 2. The lowest BCUT2D eigenvalue weighted by atomic mass is 10.1. The first-order valence-corrected chi connectivity index (χ1v) is 11.1. The fourth-order valence-electron chi connectivity index (χ4n) is 4.04. The van der Waals surface area contributed by atoms with Crippen molar-refractivity contribution in [2.24, 2.45) is 5.73 Å². The molecule has 0 amide bonds. The summed E-state index contributed by atoms with van der Waals surface area (Å²) in [6, 6.07) is 10.00. The Bertz CT molecular complexity index is 1050. The molecule has 1 atom stereocenters. The second-order valence-corrected chi connectivity index (χ2v) is 7.82. The quantitative estimate of drug-likeness (QED) is 0.544. The number of rotatable bonds is 7. The SMILES string of the molecule is CCc1nccn1C(CN)c1cc(C#Cc2ccc(N3CCN(CCO)CC3)cc2)on1. The molecule has 0 spiro atoms. The molecule has 8 heteroatoms. The molecule has 3 N–H and O–H groups in total. The van der Waals surface area contributed by atoms with Crippen LogP contribution in [0.5, 0.6) is 0 Å². The predicted molar refractivity (Wildman–Crippen MR) is 123 cm³/mol. The fraction of sp³-hybridized carbons (Fsp3) is 0.417. The number of piperazine rings is 1. The second-order valence-electron chi connectivity index (χ2n) is 7.82. The molecule has 1 fully saturated rings. The summed E-state index contributed by atoms with van der Waals surface area (Å²) in [5, 5.41) is 13.3. The molecule has 0 aliphatic carbocycles. The zero-order valence-corrected chi connectivity index (χ0v) is 18.4. The van der Waals surface area contributed by atoms with E-state index in [4.69, 9.17) is 15.4 Å². The summed E-state index contributed by atoms with van der Waals surface area (Å²) >= 11 is 0. The first-order chi connectivity index (χ1) is 15.7. The van der Waals surface area contributed by atoms with Gasteiger partial charge in [0.05, 0.1) is 12.6 Å². The Balaban J connectivity index is 1.40. The first-order valence-electron chi connectivity index (χ1n) is 11.1. The number of anilines is 1. The van der Waals surface area contributed by atoms with Gasteiger partial charge in [-0.15, -0.1) is 0 Å². The Morgan fingerprint density at radius 2 is 1.94 bits per heavy atom. The third-order valence-corrected chi connectivity index (χ3v) is 5.84. The summed E-state index contributed by atoms with van der Waals surface area (Å²) in [7, 11) is 0. The highest BCUT2D eigenvalue weighted by Crippen LogP contribution is 2.20. The monoisotopic (exact) mass is 434 g/mol. The third kappa shape index (κ3) is 5.02. The van der Waals surface area contributed by atoms with Crippen LogP contribution in [0.2, 0.25) is 0 Å². The van der Waals surface area contributed by atoms with Crippen LogP contribution in [0, 0.1) is 11.8 Å². The number of hydrogen-bond acceptors (Lipinski definition) is 7. The van der Waals surface area contributed by atoms with Crippen LogP contribution in [-0.2, 0) is 6.42 Å². The maximum absolute atomic E-state index is 9.08. The smallest absolute Gasteiger partial charge is 0.210 e. The van der Waals surface area contributed by atoms with Crippen molar-refractivity contribution in [1.82, 2.24) is 19.6 Å². The van der Waals surface area contributed by atoms with Crippen molar-refractivity contribution in [3.05, 3.63) is 65.6 Å². The highest BCUT2D eigenvalue weighted by Gasteiger charge is 2.19. The Kier molecular flexibility index (Phi) is 7.22. The average Bonchev–Trinajstić information content (AvgIpc) is 3.49. The summed E-state index contributed by atoms with van der Waals surface area (Å²) in [5.74, 6) is 7.70. The van der Waals surface area contributed by atoms with E-state index < -0.39 is 0 Å². The number of imidazole rings is 1. The van der Waals surface area contributed by atoms with Crippen LogP contribution in [0.1, 0.15) is 35.8 Å². The largest absolute Gasteiger partial charge is 0.395 e. The molecule has 1 aromatic carbocycles. The summed E-state index contributed by atoms with van der Waals surface area (Å²) < 4.78 is 7.49. The van der Waals surface area contributed by atoms with Crippen LogP contribution < -0.4 is 10.6 Å². The number of nitrogens with two attached hydrogens (primary N) is 1. The normalized spacial score (nSPS) is 15.4. The minimum Gasteiger partial charge on any atom is -0.395 e. The van der Waals surface area contributed by atoms with Gasteiger partial charge in [-0.25, -0.2) is 4.98 Å². The molecule has 1 aliphatic rings. The number of aliphatic hydroxyl groups is 1. The predicted octanol–water partition coefficient (Wildman–Crippen LogP) is 1.50. The highest BCUT2D eigenvalue weighted by atomic mass is 16.5. The Morgan fingerprint density at radius 1 is 1.16 bits per heavy atom. The molecule has 3 aromatic rings. The molecular formula is C24H30N6O2. The molecule has 0 saturated carbocycles. The molecule has 0 radical (unpaired) electrons. The molecule has 1 saturated heterocycles. The van der Waals surface area contributed by atoms with E-state index in [1.54, 1.807) is 6.20 Å². The average molecular weight is 435 g/mol. The topological polar surface area (TPSA) is 96.6 Å². The molecule has 4 rings (SSSR count). The van der Waals surface area contributed by atoms with Gasteiger partial charge in [-0.2, -0.15) is 0 Å². The van der Waals surface area contributed by atoms with Gasteiger partial charge in [0, 0.05) is 75.4 Å². The molecular weight excluding hydrogens is 404 g/mol. The van der Waals surface area contributed by atoms with E-state index in [-0.39, 0.29) is 12.6 Å². The standard InChI is InChI=1S/C24H30N6O2/c1-2-24-26-9-10-30(24)23(18-25)22-17-21(32-27-22)8-5-19-3-6-20(7-4-19)29-13-11-28(12-14-29)15-16-31/h3-4,6-7,9-10,17,23,31H,2,11-16,18,25H2,1H3. The van der Waals surface area contributed by atoms with Crippen molar-refractivity contribution in [2.45, 2.75) is 19.4 Å². The lowest BCUT2D eigenvalue weighted by molar-refractivity contribution is 0.189. The lowest BCUT2D eigenvalue weighted by Crippen LogP contribution is -2.47. The lowest BCUT2D eigenvalue weighted by Gasteiger charge is -2.35. The number of β-amino-alcohol motifs (C(OH)–C–C–N with tert-alkyl or cyclic N) is 1. The molecule has 2 aromatic heterocycles. The summed E-state index contributed by atoms with van der Waals surface area (Å²) in [6.45, 7) is 7.30. The molecule has 1 unspecified atom stereocenters. The highest BCUT2D eigenvalue weighted by molar-refractivity contribution is 5.51. The minimum atomic E-state index is -0.121. The Hall–Kier alpha value is -3.12. The van der Waals surface area contributed by atoms with Crippen LogP contribution in [0.15, 0.2) is 47.2 Å². The van der Waals surface area contributed by atoms with Gasteiger partial charge in [-0.3, -0.25) is 4.90 Å². The number of aromatic nitrogens is 3. The number of aryl methyl sites for hydroxylation is 1. The van der Waals surface area contributed by atoms with Gasteiger partial charge in [0.15, 0.2) is 0 Å². The maximum atomic E-state index is 9.08. The van der Waals surface area contributed by atoms with E-state index in [0.717, 1.165) is 56.2 Å². The van der Waals surface area contributed by atoms with E-state index in [0.29, 0.717) is 12.3 Å². The van der Waals surface area contributed by atoms with Crippen molar-refractivity contribution in [3.8, 4) is 11.8 Å². The van der Waals surface area contributed by atoms with E-state index >= 15 is 0 Å². The summed E-state index contributed by atoms with van der Waals surface area (Å²) in [4.78, 5) is 9.02. The van der Waals surface area contributed by atoms with Gasteiger partial charge in [-0.05, 0) is 30.2 Å². The van der Waals surface area contributed by atoms with E-state index in [1.165, 1.54) is 5.69 Å². The van der Waals surface area contributed by atoms with Gasteiger partial charge in [-0.1, -0.05) is 18.0 Å². The fourth-order valence-corrected chi connectivity index (χ4v) is 4.04. The van der Waals surface area contributed by atoms with Gasteiger partial charge in [0.1, 0.15) is 11.5 Å². The molecule has 1 aliphatic heterocycles.